The summed E-state index contributed by atoms with van der Waals surface area (Å²) in [6.45, 7) is 7.03. The molecule has 0 aliphatic rings. The molecular weight excluding hydrogens is 339 g/mol. The van der Waals surface area contributed by atoms with E-state index in [-0.39, 0.29) is 11.7 Å². The molecule has 0 fully saturated rings. The number of halogens is 1. The van der Waals surface area contributed by atoms with Crippen LogP contribution < -0.4 is 0 Å². The predicted molar refractivity (Wildman–Crippen MR) is 84.5 cm³/mol. The Bertz CT molecular complexity index is 363. The van der Waals surface area contributed by atoms with Crippen molar-refractivity contribution in [3.63, 3.8) is 0 Å². The maximum Gasteiger partial charge on any atom is 0.0916 e. The highest BCUT2D eigenvalue weighted by atomic mass is 127. The fraction of sp³-hybridized carbons (Fsp3) is 0.600. The molecule has 1 rings (SSSR count). The van der Waals surface area contributed by atoms with Crippen LogP contribution in [0.5, 0.6) is 0 Å². The molecule has 1 unspecified atom stereocenters. The summed E-state index contributed by atoms with van der Waals surface area (Å²) >= 11 is 2.38. The first-order valence-corrected chi connectivity index (χ1v) is 7.81. The lowest BCUT2D eigenvalue weighted by Crippen LogP contribution is -2.25. The first-order chi connectivity index (χ1) is 8.50. The SMILES string of the molecule is COC(C)(C)CCOC(CI)c1ccccc1C. The second-order valence-corrected chi connectivity index (χ2v) is 5.96. The lowest BCUT2D eigenvalue weighted by Gasteiger charge is -2.24. The molecule has 0 aliphatic heterocycles. The van der Waals surface area contributed by atoms with Crippen molar-refractivity contribution in [1.82, 2.24) is 0 Å². The summed E-state index contributed by atoms with van der Waals surface area (Å²) in [5, 5.41) is 0. The van der Waals surface area contributed by atoms with Gasteiger partial charge in [-0.1, -0.05) is 46.9 Å². The van der Waals surface area contributed by atoms with Gasteiger partial charge in [-0.3, -0.25) is 0 Å². The molecule has 102 valence electrons. The first kappa shape index (κ1) is 15.9. The lowest BCUT2D eigenvalue weighted by atomic mass is 10.0. The minimum Gasteiger partial charge on any atom is -0.379 e. The molecule has 0 amide bonds. The van der Waals surface area contributed by atoms with Crippen LogP contribution in [0, 0.1) is 6.92 Å². The molecule has 0 bridgehead atoms. The normalized spacial score (nSPS) is 13.6. The molecular formula is C15H23IO2. The van der Waals surface area contributed by atoms with E-state index in [4.69, 9.17) is 9.47 Å². The average molecular weight is 362 g/mol. The van der Waals surface area contributed by atoms with Gasteiger partial charge in [-0.15, -0.1) is 0 Å². The van der Waals surface area contributed by atoms with Gasteiger partial charge in [-0.05, 0) is 38.3 Å². The third-order valence-electron chi connectivity index (χ3n) is 3.25. The fourth-order valence-corrected chi connectivity index (χ4v) is 2.44. The van der Waals surface area contributed by atoms with E-state index in [2.05, 4.69) is 67.6 Å². The number of methoxy groups -OCH3 is 1. The summed E-state index contributed by atoms with van der Waals surface area (Å²) in [7, 11) is 1.75. The van der Waals surface area contributed by atoms with Crippen LogP contribution in [-0.4, -0.2) is 23.7 Å². The number of hydrogen-bond donors (Lipinski definition) is 0. The molecule has 0 radical (unpaired) electrons. The third kappa shape index (κ3) is 4.86. The highest BCUT2D eigenvalue weighted by molar-refractivity contribution is 14.1. The molecule has 0 saturated heterocycles. The van der Waals surface area contributed by atoms with Gasteiger partial charge in [0.15, 0.2) is 0 Å². The molecule has 0 heterocycles. The summed E-state index contributed by atoms with van der Waals surface area (Å²) in [6.07, 6.45) is 1.09. The van der Waals surface area contributed by atoms with Crippen LogP contribution in [0.15, 0.2) is 24.3 Å². The van der Waals surface area contributed by atoms with Crippen molar-refractivity contribution >= 4 is 22.6 Å². The van der Waals surface area contributed by atoms with Crippen LogP contribution >= 0.6 is 22.6 Å². The Kier molecular flexibility index (Phi) is 6.60. The standard InChI is InChI=1S/C15H23IO2/c1-12-7-5-6-8-13(12)14(11-16)18-10-9-15(2,3)17-4/h5-8,14H,9-11H2,1-4H3. The summed E-state index contributed by atoms with van der Waals surface area (Å²) in [6, 6.07) is 8.43. The monoisotopic (exact) mass is 362 g/mol. The molecule has 0 aliphatic carbocycles. The van der Waals surface area contributed by atoms with Gasteiger partial charge in [0, 0.05) is 11.5 Å². The molecule has 0 N–H and O–H groups in total. The van der Waals surface area contributed by atoms with E-state index in [9.17, 15) is 0 Å². The van der Waals surface area contributed by atoms with E-state index in [0.717, 1.165) is 17.5 Å². The summed E-state index contributed by atoms with van der Waals surface area (Å²) in [4.78, 5) is 0. The maximum atomic E-state index is 6.01. The van der Waals surface area contributed by atoms with E-state index >= 15 is 0 Å². The van der Waals surface area contributed by atoms with Crippen LogP contribution in [0.4, 0.5) is 0 Å². The Morgan fingerprint density at radius 3 is 2.50 bits per heavy atom. The fourth-order valence-electron chi connectivity index (χ4n) is 1.71. The van der Waals surface area contributed by atoms with E-state index in [1.807, 2.05) is 0 Å². The van der Waals surface area contributed by atoms with E-state index in [1.54, 1.807) is 7.11 Å². The Balaban J connectivity index is 2.56. The van der Waals surface area contributed by atoms with Crippen molar-refractivity contribution in [1.29, 1.82) is 0 Å². The zero-order valence-electron chi connectivity index (χ0n) is 11.7. The third-order valence-corrected chi connectivity index (χ3v) is 4.05. The maximum absolute atomic E-state index is 6.01. The number of aryl methyl sites for hydroxylation is 1. The topological polar surface area (TPSA) is 18.5 Å². The van der Waals surface area contributed by atoms with Crippen molar-refractivity contribution in [3.05, 3.63) is 35.4 Å². The average Bonchev–Trinajstić information content (AvgIpc) is 2.36. The molecule has 2 nitrogen and oxygen atoms in total. The summed E-state index contributed by atoms with van der Waals surface area (Å²) in [5.41, 5.74) is 2.48. The Hall–Kier alpha value is -0.130. The molecule has 0 spiro atoms. The van der Waals surface area contributed by atoms with Gasteiger partial charge >= 0.3 is 0 Å². The summed E-state index contributed by atoms with van der Waals surface area (Å²) < 4.78 is 12.4. The number of ether oxygens (including phenoxy) is 2. The quantitative estimate of drug-likeness (QED) is 0.532. The van der Waals surface area contributed by atoms with Crippen molar-refractivity contribution in [2.45, 2.75) is 38.9 Å². The Morgan fingerprint density at radius 1 is 1.28 bits per heavy atom. The van der Waals surface area contributed by atoms with Crippen LogP contribution in [0.25, 0.3) is 0 Å². The Labute approximate surface area is 124 Å². The highest BCUT2D eigenvalue weighted by Crippen LogP contribution is 2.24. The van der Waals surface area contributed by atoms with Crippen LogP contribution in [0.3, 0.4) is 0 Å². The smallest absolute Gasteiger partial charge is 0.0916 e. The van der Waals surface area contributed by atoms with Gasteiger partial charge in [-0.2, -0.15) is 0 Å². The van der Waals surface area contributed by atoms with Crippen molar-refractivity contribution in [3.8, 4) is 0 Å². The van der Waals surface area contributed by atoms with Gasteiger partial charge in [0.1, 0.15) is 0 Å². The molecule has 1 aromatic rings. The summed E-state index contributed by atoms with van der Waals surface area (Å²) in [5.74, 6) is 0. The van der Waals surface area contributed by atoms with E-state index < -0.39 is 0 Å². The predicted octanol–water partition coefficient (Wildman–Crippen LogP) is 4.30. The van der Waals surface area contributed by atoms with Gasteiger partial charge < -0.3 is 9.47 Å². The Morgan fingerprint density at radius 2 is 1.94 bits per heavy atom. The van der Waals surface area contributed by atoms with Gasteiger partial charge in [0.2, 0.25) is 0 Å². The zero-order valence-corrected chi connectivity index (χ0v) is 13.9. The lowest BCUT2D eigenvalue weighted by molar-refractivity contribution is -0.0226. The van der Waals surface area contributed by atoms with Crippen molar-refractivity contribution < 1.29 is 9.47 Å². The number of alkyl halides is 1. The van der Waals surface area contributed by atoms with Gasteiger partial charge in [0.05, 0.1) is 18.3 Å². The number of rotatable bonds is 7. The van der Waals surface area contributed by atoms with E-state index in [0.29, 0.717) is 0 Å². The van der Waals surface area contributed by atoms with Gasteiger partial charge in [-0.25, -0.2) is 0 Å². The highest BCUT2D eigenvalue weighted by Gasteiger charge is 2.18. The molecule has 0 aromatic heterocycles. The molecule has 0 saturated carbocycles. The van der Waals surface area contributed by atoms with E-state index in [1.165, 1.54) is 11.1 Å². The largest absolute Gasteiger partial charge is 0.379 e. The zero-order chi connectivity index (χ0) is 13.6. The number of benzene rings is 1. The van der Waals surface area contributed by atoms with Crippen molar-refractivity contribution in [2.75, 3.05) is 18.1 Å². The van der Waals surface area contributed by atoms with Gasteiger partial charge in [0.25, 0.3) is 0 Å². The second-order valence-electron chi connectivity index (χ2n) is 5.08. The van der Waals surface area contributed by atoms with Crippen LogP contribution in [-0.2, 0) is 9.47 Å². The minimum absolute atomic E-state index is 0.110. The van der Waals surface area contributed by atoms with Crippen molar-refractivity contribution in [2.24, 2.45) is 0 Å². The number of hydrogen-bond acceptors (Lipinski definition) is 2. The second kappa shape index (κ2) is 7.46. The molecule has 1 atom stereocenters. The molecule has 18 heavy (non-hydrogen) atoms. The van der Waals surface area contributed by atoms with Crippen LogP contribution in [0.1, 0.15) is 37.5 Å². The first-order valence-electron chi connectivity index (χ1n) is 6.28. The molecule has 1 aromatic carbocycles. The van der Waals surface area contributed by atoms with Crippen LogP contribution in [0.2, 0.25) is 0 Å². The molecule has 3 heteroatoms. The minimum atomic E-state index is -0.110.